The van der Waals surface area contributed by atoms with Crippen LogP contribution in [0.4, 0.5) is 0 Å². The first kappa shape index (κ1) is 21.4. The van der Waals surface area contributed by atoms with Gasteiger partial charge in [-0.1, -0.05) is 0 Å². The number of unbranched alkanes of at least 4 members (excludes halogenated alkanes) is 1. The fraction of sp³-hybridized carbons (Fsp3) is 0.500. The van der Waals surface area contributed by atoms with Crippen LogP contribution in [0.5, 0.6) is 0 Å². The quantitative estimate of drug-likeness (QED) is 0.494. The minimum atomic E-state index is -3.30. The molecule has 0 unspecified atom stereocenters. The number of rotatable bonds is 9. The molecule has 1 aliphatic heterocycles. The maximum absolute atomic E-state index is 12.2. The Bertz CT molecular complexity index is 1220. The third-order valence-corrected chi connectivity index (χ3v) is 7.59. The maximum atomic E-state index is 12.2. The Kier molecular flexibility index (Phi) is 5.79. The lowest BCUT2D eigenvalue weighted by atomic mass is 9.89. The third-order valence-electron chi connectivity index (χ3n) is 5.81. The molecule has 0 atom stereocenters. The van der Waals surface area contributed by atoms with Crippen molar-refractivity contribution in [1.82, 2.24) is 28.6 Å². The molecule has 0 amide bonds. The Morgan fingerprint density at radius 3 is 2.81 bits per heavy atom. The first-order valence-corrected chi connectivity index (χ1v) is 11.9. The molecule has 0 saturated carbocycles. The van der Waals surface area contributed by atoms with Gasteiger partial charge in [0.1, 0.15) is 17.5 Å². The van der Waals surface area contributed by atoms with Crippen molar-refractivity contribution in [2.24, 2.45) is 0 Å². The Morgan fingerprint density at radius 1 is 1.29 bits per heavy atom. The number of hydrogen-bond donors (Lipinski definition) is 1. The molecule has 10 nitrogen and oxygen atoms in total. The van der Waals surface area contributed by atoms with Crippen LogP contribution in [-0.4, -0.2) is 67.6 Å². The molecule has 3 aromatic rings. The number of aryl methyl sites for hydroxylation is 1. The second-order valence-electron chi connectivity index (χ2n) is 7.80. The highest BCUT2D eigenvalue weighted by Crippen LogP contribution is 2.36. The number of nitrogens with zero attached hydrogens (tertiary/aromatic N) is 7. The van der Waals surface area contributed by atoms with Crippen LogP contribution in [0.25, 0.3) is 22.3 Å². The van der Waals surface area contributed by atoms with E-state index in [9.17, 15) is 13.7 Å². The van der Waals surface area contributed by atoms with Gasteiger partial charge in [-0.05, 0) is 25.8 Å². The molecule has 4 rings (SSSR count). The van der Waals surface area contributed by atoms with Crippen LogP contribution >= 0.6 is 0 Å². The van der Waals surface area contributed by atoms with Crippen LogP contribution in [-0.2, 0) is 22.1 Å². The molecular weight excluding hydrogens is 418 g/mol. The number of hydrogen-bond acceptors (Lipinski definition) is 7. The molecule has 4 heterocycles. The number of sulfonamides is 1. The zero-order chi connectivity index (χ0) is 22.1. The summed E-state index contributed by atoms with van der Waals surface area (Å²) in [6.07, 6.45) is 8.76. The van der Waals surface area contributed by atoms with Gasteiger partial charge < -0.3 is 9.67 Å². The zero-order valence-electron chi connectivity index (χ0n) is 17.3. The molecule has 1 aliphatic rings. The number of aromatic nitrogens is 5. The standard InChI is InChI=1S/C20H25N7O3S/c1-2-31(29,30)26-13-20(14-26,6-7-21)27-12-16(11-24-27)18-17-5-9-25(8-3-4-10-28)19(17)23-15-22-18/h5,9,11-12,15,28H,2-4,6,8,10,13-14H2,1H3. The van der Waals surface area contributed by atoms with Crippen molar-refractivity contribution in [3.05, 3.63) is 31.0 Å². The van der Waals surface area contributed by atoms with E-state index >= 15 is 0 Å². The van der Waals surface area contributed by atoms with Crippen molar-refractivity contribution in [3.63, 3.8) is 0 Å². The highest BCUT2D eigenvalue weighted by atomic mass is 32.2. The molecule has 1 fully saturated rings. The van der Waals surface area contributed by atoms with Crippen LogP contribution < -0.4 is 0 Å². The zero-order valence-corrected chi connectivity index (χ0v) is 18.2. The smallest absolute Gasteiger partial charge is 0.213 e. The highest BCUT2D eigenvalue weighted by Gasteiger charge is 2.49. The Hall–Kier alpha value is -2.81. The van der Waals surface area contributed by atoms with E-state index in [1.54, 1.807) is 17.8 Å². The van der Waals surface area contributed by atoms with E-state index in [-0.39, 0.29) is 31.9 Å². The first-order chi connectivity index (χ1) is 14.9. The Labute approximate surface area is 180 Å². The molecule has 11 heteroatoms. The van der Waals surface area contributed by atoms with Gasteiger partial charge in [0.25, 0.3) is 0 Å². The van der Waals surface area contributed by atoms with Gasteiger partial charge in [0, 0.05) is 49.6 Å². The largest absolute Gasteiger partial charge is 0.396 e. The SMILES string of the molecule is CCS(=O)(=O)N1CC(CC#N)(n2cc(-c3ncnc4c3ccn4CCCCO)cn2)C1. The molecule has 0 aromatic carbocycles. The van der Waals surface area contributed by atoms with Crippen molar-refractivity contribution >= 4 is 21.1 Å². The topological polar surface area (TPSA) is 130 Å². The summed E-state index contributed by atoms with van der Waals surface area (Å²) < 4.78 is 29.5. The average molecular weight is 444 g/mol. The van der Waals surface area contributed by atoms with Crippen molar-refractivity contribution in [1.29, 1.82) is 5.26 Å². The van der Waals surface area contributed by atoms with Crippen molar-refractivity contribution in [3.8, 4) is 17.3 Å². The van der Waals surface area contributed by atoms with E-state index in [1.165, 1.54) is 10.6 Å². The highest BCUT2D eigenvalue weighted by molar-refractivity contribution is 7.89. The van der Waals surface area contributed by atoms with Gasteiger partial charge in [-0.15, -0.1) is 0 Å². The predicted molar refractivity (Wildman–Crippen MR) is 114 cm³/mol. The predicted octanol–water partition coefficient (Wildman–Crippen LogP) is 1.34. The summed E-state index contributed by atoms with van der Waals surface area (Å²) in [4.78, 5) is 8.86. The van der Waals surface area contributed by atoms with E-state index in [0.29, 0.717) is 0 Å². The Balaban J connectivity index is 1.63. The number of fused-ring (bicyclic) bond motifs is 1. The molecule has 0 aliphatic carbocycles. The minimum absolute atomic E-state index is 0.0359. The second-order valence-corrected chi connectivity index (χ2v) is 10.1. The average Bonchev–Trinajstić information content (AvgIpc) is 3.38. The molecule has 164 valence electrons. The van der Waals surface area contributed by atoms with E-state index < -0.39 is 15.6 Å². The van der Waals surface area contributed by atoms with Crippen molar-refractivity contribution in [2.45, 2.75) is 38.3 Å². The fourth-order valence-corrected chi connectivity index (χ4v) is 5.23. The van der Waals surface area contributed by atoms with E-state index in [2.05, 4.69) is 21.1 Å². The molecule has 0 spiro atoms. The van der Waals surface area contributed by atoms with E-state index in [1.807, 2.05) is 23.0 Å². The van der Waals surface area contributed by atoms with E-state index in [4.69, 9.17) is 5.11 Å². The van der Waals surface area contributed by atoms with Crippen molar-refractivity contribution < 1.29 is 13.5 Å². The molecule has 1 saturated heterocycles. The Morgan fingerprint density at radius 2 is 2.10 bits per heavy atom. The molecule has 31 heavy (non-hydrogen) atoms. The van der Waals surface area contributed by atoms with Gasteiger partial charge in [0.15, 0.2) is 0 Å². The van der Waals surface area contributed by atoms with Crippen molar-refractivity contribution in [2.75, 3.05) is 25.4 Å². The molecule has 0 bridgehead atoms. The number of aliphatic hydroxyl groups excluding tert-OH is 1. The maximum Gasteiger partial charge on any atom is 0.213 e. The molecule has 3 aromatic heterocycles. The van der Waals surface area contributed by atoms with Crippen LogP contribution in [0.15, 0.2) is 31.0 Å². The van der Waals surface area contributed by atoms with Gasteiger partial charge in [0.05, 0.1) is 30.1 Å². The van der Waals surface area contributed by atoms with Gasteiger partial charge in [-0.25, -0.2) is 18.4 Å². The number of nitriles is 1. The summed E-state index contributed by atoms with van der Waals surface area (Å²) in [5.41, 5.74) is 1.67. The summed E-state index contributed by atoms with van der Waals surface area (Å²) in [6, 6.07) is 4.14. The first-order valence-electron chi connectivity index (χ1n) is 10.2. The summed E-state index contributed by atoms with van der Waals surface area (Å²) in [7, 11) is -3.30. The second kappa shape index (κ2) is 8.37. The van der Waals surface area contributed by atoms with E-state index in [0.717, 1.165) is 41.7 Å². The molecule has 1 N–H and O–H groups in total. The van der Waals surface area contributed by atoms with Gasteiger partial charge in [0.2, 0.25) is 10.0 Å². The summed E-state index contributed by atoms with van der Waals surface area (Å²) in [5, 5.41) is 23.7. The number of aliphatic hydroxyl groups is 1. The van der Waals surface area contributed by atoms with Crippen LogP contribution in [0.3, 0.4) is 0 Å². The van der Waals surface area contributed by atoms with Gasteiger partial charge in [-0.3, -0.25) is 4.68 Å². The lowest BCUT2D eigenvalue weighted by molar-refractivity contribution is 0.0719. The van der Waals surface area contributed by atoms with Crippen LogP contribution in [0, 0.1) is 11.3 Å². The lowest BCUT2D eigenvalue weighted by Crippen LogP contribution is -2.64. The minimum Gasteiger partial charge on any atom is -0.396 e. The third kappa shape index (κ3) is 3.82. The molecule has 0 radical (unpaired) electrons. The van der Waals surface area contributed by atoms with Gasteiger partial charge in [-0.2, -0.15) is 14.7 Å². The molecular formula is C20H25N7O3S. The van der Waals surface area contributed by atoms with Crippen LogP contribution in [0.2, 0.25) is 0 Å². The normalized spacial score (nSPS) is 16.3. The van der Waals surface area contributed by atoms with Crippen LogP contribution in [0.1, 0.15) is 26.2 Å². The summed E-state index contributed by atoms with van der Waals surface area (Å²) in [6.45, 7) is 3.01. The monoisotopic (exact) mass is 443 g/mol. The fourth-order valence-electron chi connectivity index (χ4n) is 3.99. The summed E-state index contributed by atoms with van der Waals surface area (Å²) >= 11 is 0. The summed E-state index contributed by atoms with van der Waals surface area (Å²) in [5.74, 6) is 0.0359. The van der Waals surface area contributed by atoms with Gasteiger partial charge >= 0.3 is 0 Å². The lowest BCUT2D eigenvalue weighted by Gasteiger charge is -2.47.